The van der Waals surface area contributed by atoms with Gasteiger partial charge in [-0.15, -0.1) is 11.6 Å². The summed E-state index contributed by atoms with van der Waals surface area (Å²) < 4.78 is 17.9. The fourth-order valence-electron chi connectivity index (χ4n) is 0.894. The molecule has 0 aromatic heterocycles. The van der Waals surface area contributed by atoms with E-state index >= 15 is 0 Å². The third kappa shape index (κ3) is 4.13. The van der Waals surface area contributed by atoms with Gasteiger partial charge >= 0.3 is 0 Å². The molecule has 13 heavy (non-hydrogen) atoms. The van der Waals surface area contributed by atoms with E-state index in [1.165, 1.54) is 12.1 Å². The summed E-state index contributed by atoms with van der Waals surface area (Å²) in [6.07, 6.45) is 1.81. The molecular weight excluding hydrogens is 191 g/mol. The molecule has 3 heteroatoms. The Morgan fingerprint density at radius 1 is 1.46 bits per heavy atom. The Hall–Kier alpha value is -0.760. The second-order valence-electron chi connectivity index (χ2n) is 2.62. The molecule has 0 amide bonds. The van der Waals surface area contributed by atoms with Crippen LogP contribution in [0, 0.1) is 11.9 Å². The molecule has 0 heterocycles. The molecule has 0 atom stereocenters. The van der Waals surface area contributed by atoms with Crippen molar-refractivity contribution in [3.63, 3.8) is 0 Å². The summed E-state index contributed by atoms with van der Waals surface area (Å²) >= 11 is 5.49. The summed E-state index contributed by atoms with van der Waals surface area (Å²) in [6, 6.07) is 6.92. The van der Waals surface area contributed by atoms with E-state index in [9.17, 15) is 4.39 Å². The number of halogens is 2. The molecule has 0 unspecified atom stereocenters. The Labute approximate surface area is 82.5 Å². The lowest BCUT2D eigenvalue weighted by atomic mass is 10.3. The van der Waals surface area contributed by atoms with Crippen molar-refractivity contribution in [2.45, 2.75) is 12.8 Å². The molecular formula is C10H11ClFO. The van der Waals surface area contributed by atoms with Crippen molar-refractivity contribution in [2.24, 2.45) is 0 Å². The number of unbranched alkanes of at least 4 members (excludes halogenated alkanes) is 1. The highest BCUT2D eigenvalue weighted by Gasteiger charge is 1.95. The quantitative estimate of drug-likeness (QED) is 0.526. The number of benzene rings is 1. The van der Waals surface area contributed by atoms with Crippen molar-refractivity contribution in [1.29, 1.82) is 0 Å². The number of hydrogen-bond donors (Lipinski definition) is 0. The van der Waals surface area contributed by atoms with Crippen LogP contribution in [-0.2, 0) is 0 Å². The normalized spacial score (nSPS) is 10.0. The highest BCUT2D eigenvalue weighted by atomic mass is 35.5. The molecule has 0 fully saturated rings. The maximum atomic E-state index is 12.6. The molecule has 1 nitrogen and oxygen atoms in total. The first kappa shape index (κ1) is 10.3. The highest BCUT2D eigenvalue weighted by molar-refractivity contribution is 6.17. The number of rotatable bonds is 5. The summed E-state index contributed by atoms with van der Waals surface area (Å²) in [7, 11) is 0. The molecule has 1 aromatic rings. The lowest BCUT2D eigenvalue weighted by Crippen LogP contribution is -1.97. The molecule has 0 spiro atoms. The molecule has 0 saturated carbocycles. The molecule has 0 bridgehead atoms. The van der Waals surface area contributed by atoms with E-state index in [-0.39, 0.29) is 0 Å². The second-order valence-corrected chi connectivity index (χ2v) is 2.99. The van der Waals surface area contributed by atoms with Crippen LogP contribution in [0.2, 0.25) is 0 Å². The lowest BCUT2D eigenvalue weighted by molar-refractivity contribution is 0.308. The van der Waals surface area contributed by atoms with Crippen LogP contribution in [0.25, 0.3) is 0 Å². The van der Waals surface area contributed by atoms with E-state index in [1.54, 1.807) is 6.07 Å². The Bertz CT molecular complexity index is 252. The number of alkyl halides is 1. The van der Waals surface area contributed by atoms with Crippen molar-refractivity contribution in [1.82, 2.24) is 0 Å². The topological polar surface area (TPSA) is 9.23 Å². The van der Waals surface area contributed by atoms with Crippen LogP contribution in [0.15, 0.2) is 18.2 Å². The van der Waals surface area contributed by atoms with E-state index in [1.807, 2.05) is 0 Å². The average molecular weight is 202 g/mol. The van der Waals surface area contributed by atoms with Gasteiger partial charge < -0.3 is 4.74 Å². The van der Waals surface area contributed by atoms with Gasteiger partial charge in [0.05, 0.1) is 6.61 Å². The molecule has 71 valence electrons. The van der Waals surface area contributed by atoms with Crippen LogP contribution in [-0.4, -0.2) is 12.5 Å². The Morgan fingerprint density at radius 2 is 2.31 bits per heavy atom. The van der Waals surface area contributed by atoms with E-state index < -0.39 is 5.82 Å². The van der Waals surface area contributed by atoms with Gasteiger partial charge in [0.25, 0.3) is 0 Å². The minimum absolute atomic E-state index is 0.394. The summed E-state index contributed by atoms with van der Waals surface area (Å²) in [5.74, 6) is 0.793. The fourth-order valence-corrected chi connectivity index (χ4v) is 1.08. The van der Waals surface area contributed by atoms with Crippen molar-refractivity contribution in [2.75, 3.05) is 12.5 Å². The molecule has 0 aliphatic carbocycles. The first-order chi connectivity index (χ1) is 6.33. The van der Waals surface area contributed by atoms with E-state index in [0.29, 0.717) is 18.2 Å². The zero-order chi connectivity index (χ0) is 9.52. The van der Waals surface area contributed by atoms with Crippen LogP contribution >= 0.6 is 11.6 Å². The number of hydrogen-bond acceptors (Lipinski definition) is 1. The standard InChI is InChI=1S/C10H11ClFO/c11-6-1-2-7-13-10-5-3-4-9(12)8-10/h3,5,8H,1-2,6-7H2. The van der Waals surface area contributed by atoms with Crippen molar-refractivity contribution >= 4 is 11.6 Å². The fraction of sp³-hybridized carbons (Fsp3) is 0.400. The van der Waals surface area contributed by atoms with Crippen LogP contribution in [0.3, 0.4) is 0 Å². The van der Waals surface area contributed by atoms with Crippen LogP contribution < -0.4 is 4.74 Å². The van der Waals surface area contributed by atoms with Gasteiger partial charge in [-0.1, -0.05) is 0 Å². The maximum absolute atomic E-state index is 12.6. The van der Waals surface area contributed by atoms with Gasteiger partial charge in [0, 0.05) is 18.0 Å². The minimum atomic E-state index is -0.394. The van der Waals surface area contributed by atoms with Gasteiger partial charge in [0.15, 0.2) is 0 Å². The zero-order valence-corrected chi connectivity index (χ0v) is 7.98. The average Bonchev–Trinajstić information content (AvgIpc) is 2.13. The Kier molecular flexibility index (Phi) is 4.61. The lowest BCUT2D eigenvalue weighted by Gasteiger charge is -2.04. The summed E-state index contributed by atoms with van der Waals surface area (Å²) in [4.78, 5) is 0. The SMILES string of the molecule is Fc1[c]ccc(OCCCCCl)c1. The summed E-state index contributed by atoms with van der Waals surface area (Å²) in [6.45, 7) is 0.580. The van der Waals surface area contributed by atoms with E-state index in [2.05, 4.69) is 6.07 Å². The van der Waals surface area contributed by atoms with Gasteiger partial charge in [0.2, 0.25) is 0 Å². The van der Waals surface area contributed by atoms with Gasteiger partial charge in [-0.3, -0.25) is 0 Å². The van der Waals surface area contributed by atoms with Crippen molar-refractivity contribution in [3.8, 4) is 5.75 Å². The van der Waals surface area contributed by atoms with Crippen LogP contribution in [0.4, 0.5) is 4.39 Å². The number of ether oxygens (including phenoxy) is 1. The molecule has 0 aliphatic heterocycles. The first-order valence-electron chi connectivity index (χ1n) is 4.19. The van der Waals surface area contributed by atoms with Gasteiger partial charge in [0.1, 0.15) is 11.6 Å². The summed E-state index contributed by atoms with van der Waals surface area (Å²) in [5.41, 5.74) is 0. The first-order valence-corrected chi connectivity index (χ1v) is 4.72. The monoisotopic (exact) mass is 201 g/mol. The predicted octanol–water partition coefficient (Wildman–Crippen LogP) is 3.02. The van der Waals surface area contributed by atoms with Gasteiger partial charge in [-0.05, 0) is 25.0 Å². The highest BCUT2D eigenvalue weighted by Crippen LogP contribution is 2.11. The molecule has 1 aromatic carbocycles. The third-order valence-electron chi connectivity index (χ3n) is 1.53. The molecule has 0 saturated heterocycles. The molecule has 0 N–H and O–H groups in total. The van der Waals surface area contributed by atoms with Gasteiger partial charge in [-0.2, -0.15) is 0 Å². The van der Waals surface area contributed by atoms with Crippen molar-refractivity contribution in [3.05, 3.63) is 30.1 Å². The summed E-state index contributed by atoms with van der Waals surface area (Å²) in [5, 5.41) is 0. The van der Waals surface area contributed by atoms with E-state index in [0.717, 1.165) is 12.8 Å². The largest absolute Gasteiger partial charge is 0.493 e. The predicted molar refractivity (Wildman–Crippen MR) is 50.7 cm³/mol. The zero-order valence-electron chi connectivity index (χ0n) is 7.22. The van der Waals surface area contributed by atoms with E-state index in [4.69, 9.17) is 16.3 Å². The maximum Gasteiger partial charge on any atom is 0.134 e. The van der Waals surface area contributed by atoms with Gasteiger partial charge in [-0.25, -0.2) is 4.39 Å². The van der Waals surface area contributed by atoms with Crippen LogP contribution in [0.5, 0.6) is 5.75 Å². The van der Waals surface area contributed by atoms with Crippen molar-refractivity contribution < 1.29 is 9.13 Å². The second kappa shape index (κ2) is 5.81. The molecule has 1 rings (SSSR count). The smallest absolute Gasteiger partial charge is 0.134 e. The molecule has 0 aliphatic rings. The van der Waals surface area contributed by atoms with Crippen LogP contribution in [0.1, 0.15) is 12.8 Å². The Morgan fingerprint density at radius 3 is 3.00 bits per heavy atom. The Balaban J connectivity index is 2.28. The minimum Gasteiger partial charge on any atom is -0.493 e. The molecule has 1 radical (unpaired) electrons. The third-order valence-corrected chi connectivity index (χ3v) is 1.80.